The summed E-state index contributed by atoms with van der Waals surface area (Å²) >= 11 is 0. The molecular formula is C19H26N4O2. The molecule has 1 aromatic carbocycles. The highest BCUT2D eigenvalue weighted by Crippen LogP contribution is 2.32. The maximum Gasteiger partial charge on any atom is 0.172 e. The lowest BCUT2D eigenvalue weighted by molar-refractivity contribution is -0.0512. The van der Waals surface area contributed by atoms with E-state index in [4.69, 9.17) is 19.4 Å². The van der Waals surface area contributed by atoms with E-state index in [2.05, 4.69) is 16.7 Å². The van der Waals surface area contributed by atoms with Crippen LogP contribution >= 0.6 is 0 Å². The van der Waals surface area contributed by atoms with Gasteiger partial charge in [0.1, 0.15) is 0 Å². The molecule has 2 atom stereocenters. The highest BCUT2D eigenvalue weighted by Gasteiger charge is 2.30. The molecule has 2 aliphatic heterocycles. The van der Waals surface area contributed by atoms with Crippen LogP contribution in [0.1, 0.15) is 19.8 Å². The van der Waals surface area contributed by atoms with Crippen molar-refractivity contribution in [1.82, 2.24) is 9.97 Å². The molecule has 0 saturated carbocycles. The van der Waals surface area contributed by atoms with E-state index in [-0.39, 0.29) is 12.2 Å². The second kappa shape index (κ2) is 7.14. The largest absolute Gasteiger partial charge is 0.382 e. The SMILES string of the molecule is COCC1CN(c2nc3ccccc3nc2N2CCCC2)CC(C)O1. The Balaban J connectivity index is 1.74. The van der Waals surface area contributed by atoms with E-state index < -0.39 is 0 Å². The fourth-order valence-corrected chi connectivity index (χ4v) is 3.83. The minimum atomic E-state index is 0.0634. The van der Waals surface area contributed by atoms with Crippen LogP contribution in [0.4, 0.5) is 11.6 Å². The number of aromatic nitrogens is 2. The number of rotatable bonds is 4. The number of morpholine rings is 1. The Labute approximate surface area is 148 Å². The van der Waals surface area contributed by atoms with E-state index >= 15 is 0 Å². The van der Waals surface area contributed by atoms with Crippen LogP contribution < -0.4 is 9.80 Å². The standard InChI is InChI=1S/C19H26N4O2/c1-14-11-23(12-15(25-14)13-24-2)19-18(22-9-5-6-10-22)20-16-7-3-4-8-17(16)21-19/h3-4,7-8,14-15H,5-6,9-13H2,1-2H3. The lowest BCUT2D eigenvalue weighted by atomic mass is 10.2. The number of hydrogen-bond donors (Lipinski definition) is 0. The van der Waals surface area contributed by atoms with Crippen LogP contribution in [0.25, 0.3) is 11.0 Å². The van der Waals surface area contributed by atoms with Crippen molar-refractivity contribution in [1.29, 1.82) is 0 Å². The van der Waals surface area contributed by atoms with E-state index in [9.17, 15) is 0 Å². The van der Waals surface area contributed by atoms with Gasteiger partial charge < -0.3 is 19.3 Å². The molecule has 4 rings (SSSR count). The Bertz CT molecular complexity index is 732. The summed E-state index contributed by atoms with van der Waals surface area (Å²) in [6.45, 7) is 6.43. The minimum absolute atomic E-state index is 0.0634. The molecule has 0 N–H and O–H groups in total. The maximum atomic E-state index is 6.00. The van der Waals surface area contributed by atoms with Gasteiger partial charge >= 0.3 is 0 Å². The van der Waals surface area contributed by atoms with Crippen molar-refractivity contribution >= 4 is 22.7 Å². The molecule has 0 spiro atoms. The quantitative estimate of drug-likeness (QED) is 0.851. The van der Waals surface area contributed by atoms with Crippen LogP contribution in [-0.2, 0) is 9.47 Å². The van der Waals surface area contributed by atoms with Crippen molar-refractivity contribution in [3.05, 3.63) is 24.3 Å². The van der Waals surface area contributed by atoms with Gasteiger partial charge in [0.2, 0.25) is 0 Å². The molecule has 0 aliphatic carbocycles. The molecule has 6 nitrogen and oxygen atoms in total. The Hall–Kier alpha value is -1.92. The minimum Gasteiger partial charge on any atom is -0.382 e. The molecule has 0 amide bonds. The van der Waals surface area contributed by atoms with E-state index in [1.54, 1.807) is 7.11 Å². The van der Waals surface area contributed by atoms with Crippen LogP contribution in [0.15, 0.2) is 24.3 Å². The second-order valence-electron chi connectivity index (χ2n) is 6.98. The van der Waals surface area contributed by atoms with E-state index in [1.165, 1.54) is 12.8 Å². The fourth-order valence-electron chi connectivity index (χ4n) is 3.83. The third-order valence-corrected chi connectivity index (χ3v) is 4.92. The Morgan fingerprint density at radius 3 is 2.32 bits per heavy atom. The third kappa shape index (κ3) is 3.41. The van der Waals surface area contributed by atoms with E-state index in [0.29, 0.717) is 6.61 Å². The summed E-state index contributed by atoms with van der Waals surface area (Å²) in [7, 11) is 1.72. The lowest BCUT2D eigenvalue weighted by Gasteiger charge is -2.38. The van der Waals surface area contributed by atoms with Crippen molar-refractivity contribution < 1.29 is 9.47 Å². The first kappa shape index (κ1) is 16.5. The molecular weight excluding hydrogens is 316 g/mol. The van der Waals surface area contributed by atoms with Gasteiger partial charge in [-0.05, 0) is 31.9 Å². The Morgan fingerprint density at radius 1 is 1.04 bits per heavy atom. The molecule has 3 heterocycles. The summed E-state index contributed by atoms with van der Waals surface area (Å²) < 4.78 is 11.3. The van der Waals surface area contributed by atoms with Crippen LogP contribution in [0.5, 0.6) is 0 Å². The molecule has 2 fully saturated rings. The van der Waals surface area contributed by atoms with Gasteiger partial charge in [-0.2, -0.15) is 0 Å². The number of anilines is 2. The highest BCUT2D eigenvalue weighted by molar-refractivity contribution is 5.81. The van der Waals surface area contributed by atoms with E-state index in [1.807, 2.05) is 24.3 Å². The second-order valence-corrected chi connectivity index (χ2v) is 6.98. The summed E-state index contributed by atoms with van der Waals surface area (Å²) in [5, 5.41) is 0. The molecule has 2 aromatic rings. The first-order chi connectivity index (χ1) is 12.2. The number of ether oxygens (including phenoxy) is 2. The van der Waals surface area contributed by atoms with Gasteiger partial charge in [-0.25, -0.2) is 9.97 Å². The number of benzene rings is 1. The maximum absolute atomic E-state index is 6.00. The van der Waals surface area contributed by atoms with Crippen molar-refractivity contribution in [2.45, 2.75) is 32.0 Å². The smallest absolute Gasteiger partial charge is 0.172 e. The summed E-state index contributed by atoms with van der Waals surface area (Å²) in [6, 6.07) is 8.12. The molecule has 6 heteroatoms. The molecule has 2 saturated heterocycles. The predicted octanol–water partition coefficient (Wildman–Crippen LogP) is 2.47. The summed E-state index contributed by atoms with van der Waals surface area (Å²) in [5.74, 6) is 2.00. The zero-order chi connectivity index (χ0) is 17.2. The number of para-hydroxylation sites is 2. The first-order valence-electron chi connectivity index (χ1n) is 9.15. The monoisotopic (exact) mass is 342 g/mol. The van der Waals surface area contributed by atoms with Crippen LogP contribution in [0, 0.1) is 0 Å². The van der Waals surface area contributed by atoms with Crippen molar-refractivity contribution in [2.75, 3.05) is 49.7 Å². The van der Waals surface area contributed by atoms with Crippen LogP contribution in [-0.4, -0.2) is 62.1 Å². The van der Waals surface area contributed by atoms with Crippen molar-refractivity contribution in [2.24, 2.45) is 0 Å². The topological polar surface area (TPSA) is 50.7 Å². The molecule has 25 heavy (non-hydrogen) atoms. The summed E-state index contributed by atoms with van der Waals surface area (Å²) in [6.07, 6.45) is 2.65. The zero-order valence-electron chi connectivity index (χ0n) is 15.0. The molecule has 134 valence electrons. The summed E-state index contributed by atoms with van der Waals surface area (Å²) in [4.78, 5) is 14.7. The number of hydrogen-bond acceptors (Lipinski definition) is 6. The first-order valence-corrected chi connectivity index (χ1v) is 9.15. The van der Waals surface area contributed by atoms with Gasteiger partial charge in [-0.3, -0.25) is 0 Å². The number of methoxy groups -OCH3 is 1. The van der Waals surface area contributed by atoms with Gasteiger partial charge in [-0.1, -0.05) is 12.1 Å². The van der Waals surface area contributed by atoms with E-state index in [0.717, 1.165) is 48.8 Å². The molecule has 2 aliphatic rings. The number of nitrogens with zero attached hydrogens (tertiary/aromatic N) is 4. The molecule has 0 bridgehead atoms. The van der Waals surface area contributed by atoms with Crippen LogP contribution in [0.3, 0.4) is 0 Å². The van der Waals surface area contributed by atoms with Crippen molar-refractivity contribution in [3.8, 4) is 0 Å². The molecule has 0 radical (unpaired) electrons. The zero-order valence-corrected chi connectivity index (χ0v) is 15.0. The van der Waals surface area contributed by atoms with Crippen molar-refractivity contribution in [3.63, 3.8) is 0 Å². The Morgan fingerprint density at radius 2 is 1.68 bits per heavy atom. The predicted molar refractivity (Wildman–Crippen MR) is 99.4 cm³/mol. The molecule has 1 aromatic heterocycles. The van der Waals surface area contributed by atoms with Crippen LogP contribution in [0.2, 0.25) is 0 Å². The van der Waals surface area contributed by atoms with Gasteiger partial charge in [0.25, 0.3) is 0 Å². The van der Waals surface area contributed by atoms with Gasteiger partial charge in [0.15, 0.2) is 11.6 Å². The van der Waals surface area contributed by atoms with Gasteiger partial charge in [0.05, 0.1) is 29.8 Å². The Kier molecular flexibility index (Phi) is 4.72. The third-order valence-electron chi connectivity index (χ3n) is 4.92. The average molecular weight is 342 g/mol. The van der Waals surface area contributed by atoms with Gasteiger partial charge in [-0.15, -0.1) is 0 Å². The average Bonchev–Trinajstić information content (AvgIpc) is 3.15. The fraction of sp³-hybridized carbons (Fsp3) is 0.579. The normalized spacial score (nSPS) is 24.2. The highest BCUT2D eigenvalue weighted by atomic mass is 16.5. The lowest BCUT2D eigenvalue weighted by Crippen LogP contribution is -2.49. The van der Waals surface area contributed by atoms with Gasteiger partial charge in [0, 0.05) is 33.3 Å². The summed E-state index contributed by atoms with van der Waals surface area (Å²) in [5.41, 5.74) is 1.91. The number of fused-ring (bicyclic) bond motifs is 1. The molecule has 2 unspecified atom stereocenters.